The standard InChI is InChI=1S/C69H64N20O8/c1-65(2)24-45(49(32-74)54(28-65)86(20-16-70)21-17-71)52(35-77)61(90)94-37-69(38-95-62(91)53(36-78)46-25-66(3,4)30-56(50(46)33-75)89(43-81-11)44-82-12,39-96-63(92)59(84-14)47-26-67(5,6)29-55(51(47)34-76)87(22-18-72)41-79-9)40-97-64(93)60(85-15)48-27-68(7,8)31-57(58(48)83-13)88(23-19-73)42-80-10/h20-31,37-44H2,1-8H3/b52-45+,53-46+,59-47+,60-48-. The summed E-state index contributed by atoms with van der Waals surface area (Å²) in [5.41, 5.74) is -10.2. The first-order valence-electron chi connectivity index (χ1n) is 29.5. The van der Waals surface area contributed by atoms with Crippen LogP contribution in [-0.2, 0) is 38.1 Å². The molecule has 0 bridgehead atoms. The van der Waals surface area contributed by atoms with Crippen LogP contribution >= 0.6 is 0 Å². The van der Waals surface area contributed by atoms with E-state index in [1.807, 2.05) is 42.5 Å². The van der Waals surface area contributed by atoms with Gasteiger partial charge < -0.3 is 28.7 Å². The number of nitrogens with zero attached hydrogens (tertiary/aromatic N) is 20. The third-order valence-corrected chi connectivity index (χ3v) is 16.0. The minimum absolute atomic E-state index is 0.0907. The van der Waals surface area contributed by atoms with Crippen molar-refractivity contribution in [1.82, 2.24) is 19.6 Å². The van der Waals surface area contributed by atoms with Crippen molar-refractivity contribution in [3.8, 4) is 54.6 Å². The Labute approximate surface area is 564 Å². The number of allylic oxidation sites excluding steroid dienone is 11. The quantitative estimate of drug-likeness (QED) is 0.0216. The van der Waals surface area contributed by atoms with Crippen LogP contribution in [0.3, 0.4) is 0 Å². The predicted octanol–water partition coefficient (Wildman–Crippen LogP) is 9.69. The summed E-state index contributed by atoms with van der Waals surface area (Å²) in [7, 11) is 0. The fraction of sp³-hybridized carbons (Fsp3) is 0.478. The van der Waals surface area contributed by atoms with E-state index in [4.69, 9.17) is 65.0 Å². The fourth-order valence-electron chi connectivity index (χ4n) is 11.8. The van der Waals surface area contributed by atoms with Gasteiger partial charge in [0.05, 0.1) is 66.8 Å². The number of esters is 4. The van der Waals surface area contributed by atoms with Gasteiger partial charge in [0.1, 0.15) is 93.4 Å². The number of carbonyl (C=O) groups is 4. The van der Waals surface area contributed by atoms with Crippen LogP contribution in [-0.4, -0.2) is 123 Å². The van der Waals surface area contributed by atoms with E-state index in [9.17, 15) is 66.5 Å². The molecular weight excluding hydrogens is 1240 g/mol. The van der Waals surface area contributed by atoms with Gasteiger partial charge in [0.2, 0.25) is 0 Å². The zero-order chi connectivity index (χ0) is 72.6. The SMILES string of the molecule is [C-]#[N+]CN(CC#N)C1=C([N+]#[C-])/C(=C(\[N+]#[C-])C(=O)OCC(COC(=O)/C(C#N)=C2\CC(C)(C)CC(N(CC#N)CC#N)=C2C#N)(COC(=O)/C(C#N)=C2\CC(C)(C)CC(N(C[N+]#[C-])C[N+]#[C-])=C2C#N)COC(=O)/C([N+]#[C-])=C2/CC(C)(C)CC(N(CC#N)C[N+]#[C-])=C2C#N)CC(C)(C)C1. The summed E-state index contributed by atoms with van der Waals surface area (Å²) in [6.07, 6.45) is -0.127. The molecule has 0 saturated heterocycles. The molecule has 4 aliphatic carbocycles. The summed E-state index contributed by atoms with van der Waals surface area (Å²) in [4.78, 5) is 89.1. The average Bonchev–Trinajstić information content (AvgIpc) is 0.802. The highest BCUT2D eigenvalue weighted by atomic mass is 16.6. The van der Waals surface area contributed by atoms with Crippen molar-refractivity contribution >= 4 is 23.9 Å². The number of hydrogen-bond donors (Lipinski definition) is 0. The predicted molar refractivity (Wildman–Crippen MR) is 338 cm³/mol. The van der Waals surface area contributed by atoms with Gasteiger partial charge in [-0.2, -0.15) is 47.4 Å². The van der Waals surface area contributed by atoms with Crippen molar-refractivity contribution in [1.29, 1.82) is 47.4 Å². The average molecular weight is 1300 g/mol. The van der Waals surface area contributed by atoms with Gasteiger partial charge in [-0.25, -0.2) is 55.3 Å². The smallest absolute Gasteiger partial charge is 0.349 e. The molecule has 0 radical (unpaired) electrons. The highest BCUT2D eigenvalue weighted by molar-refractivity contribution is 5.97. The molecule has 28 nitrogen and oxygen atoms in total. The molecule has 0 N–H and O–H groups in total. The number of rotatable bonds is 24. The van der Waals surface area contributed by atoms with Crippen LogP contribution in [0.4, 0.5) is 0 Å². The molecule has 1 unspecified atom stereocenters. The number of ether oxygens (including phenoxy) is 4. The topological polar surface area (TPSA) is 363 Å². The summed E-state index contributed by atoms with van der Waals surface area (Å²) in [5.74, 6) is -5.95. The molecule has 97 heavy (non-hydrogen) atoms. The van der Waals surface area contributed by atoms with E-state index in [0.717, 1.165) is 0 Å². The Morgan fingerprint density at radius 2 is 0.691 bits per heavy atom. The lowest BCUT2D eigenvalue weighted by molar-refractivity contribution is -0.165. The highest BCUT2D eigenvalue weighted by Crippen LogP contribution is 2.49. The molecule has 0 aromatic rings. The van der Waals surface area contributed by atoms with Gasteiger partial charge in [-0.05, 0) is 95.3 Å². The molecule has 0 aromatic heterocycles. The minimum atomic E-state index is -2.52. The molecule has 4 rings (SSSR count). The summed E-state index contributed by atoms with van der Waals surface area (Å²) in [5, 5.41) is 92.9. The maximum Gasteiger partial charge on any atom is 0.349 e. The monoisotopic (exact) mass is 1300 g/mol. The lowest BCUT2D eigenvalue weighted by Gasteiger charge is -2.37. The van der Waals surface area contributed by atoms with Crippen LogP contribution in [0.2, 0.25) is 0 Å². The van der Waals surface area contributed by atoms with E-state index < -0.39 is 120 Å². The zero-order valence-corrected chi connectivity index (χ0v) is 54.9. The maximum atomic E-state index is 14.9. The Bertz CT molecular complexity index is 3680. The second-order valence-electron chi connectivity index (χ2n) is 26.0. The lowest BCUT2D eigenvalue weighted by atomic mass is 9.72. The Morgan fingerprint density at radius 1 is 0.402 bits per heavy atom. The second kappa shape index (κ2) is 33.4. The van der Waals surface area contributed by atoms with Gasteiger partial charge in [0.15, 0.2) is 5.70 Å². The van der Waals surface area contributed by atoms with Crippen LogP contribution < -0.4 is 0 Å². The van der Waals surface area contributed by atoms with E-state index in [2.05, 4.69) is 33.9 Å². The maximum absolute atomic E-state index is 14.9. The lowest BCUT2D eigenvalue weighted by Crippen LogP contribution is -2.44. The van der Waals surface area contributed by atoms with Gasteiger partial charge in [-0.15, -0.1) is 0 Å². The zero-order valence-electron chi connectivity index (χ0n) is 54.9. The van der Waals surface area contributed by atoms with Gasteiger partial charge >= 0.3 is 23.9 Å². The molecule has 1 atom stereocenters. The highest BCUT2D eigenvalue weighted by Gasteiger charge is 2.45. The van der Waals surface area contributed by atoms with Crippen LogP contribution in [0.15, 0.2) is 90.0 Å². The Morgan fingerprint density at radius 3 is 1.03 bits per heavy atom. The van der Waals surface area contributed by atoms with Crippen molar-refractivity contribution in [2.45, 2.75) is 107 Å². The molecule has 0 amide bonds. The van der Waals surface area contributed by atoms with Crippen LogP contribution in [0.5, 0.6) is 0 Å². The summed E-state index contributed by atoms with van der Waals surface area (Å²) in [6, 6.07) is 17.4. The van der Waals surface area contributed by atoms with Crippen LogP contribution in [0.1, 0.15) is 107 Å². The Balaban J connectivity index is 2.19. The van der Waals surface area contributed by atoms with Crippen LogP contribution in [0.25, 0.3) is 33.9 Å². The Kier molecular flexibility index (Phi) is 26.3. The summed E-state index contributed by atoms with van der Waals surface area (Å²) >= 11 is 0. The molecule has 0 spiro atoms. The molecule has 0 fully saturated rings. The van der Waals surface area contributed by atoms with Crippen molar-refractivity contribution in [3.63, 3.8) is 0 Å². The van der Waals surface area contributed by atoms with E-state index in [0.29, 0.717) is 0 Å². The van der Waals surface area contributed by atoms with Gasteiger partial charge in [-0.3, -0.25) is 33.9 Å². The van der Waals surface area contributed by atoms with Gasteiger partial charge in [0, 0.05) is 22.8 Å². The summed E-state index contributed by atoms with van der Waals surface area (Å²) < 4.78 is 23.8. The van der Waals surface area contributed by atoms with Gasteiger partial charge in [-0.1, -0.05) is 55.4 Å². The van der Waals surface area contributed by atoms with E-state index in [-0.39, 0.29) is 152 Å². The van der Waals surface area contributed by atoms with Crippen molar-refractivity contribution in [2.24, 2.45) is 27.1 Å². The van der Waals surface area contributed by atoms with E-state index in [1.54, 1.807) is 67.5 Å². The first kappa shape index (κ1) is 76.3. The third-order valence-electron chi connectivity index (χ3n) is 16.0. The third kappa shape index (κ3) is 18.5. The first-order valence-corrected chi connectivity index (χ1v) is 29.5. The van der Waals surface area contributed by atoms with Crippen LogP contribution in [0, 0.1) is 175 Å². The first-order chi connectivity index (χ1) is 46.0. The molecule has 0 aliphatic heterocycles. The molecular formula is C69H64N20O8. The molecule has 488 valence electrons. The number of hydrogen-bond acceptors (Lipinski definition) is 21. The normalized spacial score (nSPS) is 18.8. The molecule has 4 aliphatic rings. The molecule has 28 heteroatoms. The van der Waals surface area contributed by atoms with Crippen molar-refractivity contribution in [2.75, 3.05) is 79.3 Å². The molecule has 0 saturated carbocycles. The minimum Gasteiger partial charge on any atom is -0.470 e. The number of nitriles is 9. The number of carbonyl (C=O) groups excluding carboxylic acids is 4. The van der Waals surface area contributed by atoms with Gasteiger partial charge in [0.25, 0.3) is 38.1 Å². The molecule has 0 aromatic carbocycles. The van der Waals surface area contributed by atoms with Crippen molar-refractivity contribution < 1.29 is 38.1 Å². The molecule has 0 heterocycles. The Hall–Kier alpha value is -13.2. The fourth-order valence-corrected chi connectivity index (χ4v) is 11.8. The largest absolute Gasteiger partial charge is 0.470 e. The van der Waals surface area contributed by atoms with Crippen molar-refractivity contribution in [3.05, 3.63) is 170 Å². The van der Waals surface area contributed by atoms with E-state index >= 15 is 0 Å². The summed E-state index contributed by atoms with van der Waals surface area (Å²) in [6.45, 7) is 61.3. The van der Waals surface area contributed by atoms with E-state index in [1.165, 1.54) is 19.6 Å². The second-order valence-corrected chi connectivity index (χ2v) is 26.0.